The molecule has 1 amide bonds. The number of carbonyl (C=O) groups excluding carboxylic acids is 1. The predicted octanol–water partition coefficient (Wildman–Crippen LogP) is 3.88. The summed E-state index contributed by atoms with van der Waals surface area (Å²) in [6.07, 6.45) is 1.52. The number of nitrogens with two attached hydrogens (primary N) is 1. The van der Waals surface area contributed by atoms with E-state index >= 15 is 0 Å². The van der Waals surface area contributed by atoms with E-state index < -0.39 is 0 Å². The van der Waals surface area contributed by atoms with Crippen LogP contribution in [-0.4, -0.2) is 37.0 Å². The molecule has 2 N–H and O–H groups in total. The molecule has 2 aliphatic heterocycles. The smallest absolute Gasteiger partial charge is 0.224 e. The minimum Gasteiger partial charge on any atom is -0.342 e. The summed E-state index contributed by atoms with van der Waals surface area (Å²) in [5, 5.41) is 0. The van der Waals surface area contributed by atoms with Crippen LogP contribution < -0.4 is 10.6 Å². The molecule has 0 aliphatic carbocycles. The molecule has 0 radical (unpaired) electrons. The predicted molar refractivity (Wildman–Crippen MR) is 107 cm³/mol. The second-order valence-corrected chi connectivity index (χ2v) is 8.60. The average Bonchev–Trinajstić information content (AvgIpc) is 3.08. The fourth-order valence-corrected chi connectivity index (χ4v) is 4.89. The number of fused-ring (bicyclic) bond motifs is 2. The van der Waals surface area contributed by atoms with E-state index in [9.17, 15) is 4.79 Å². The summed E-state index contributed by atoms with van der Waals surface area (Å²) >= 11 is 1.80. The summed E-state index contributed by atoms with van der Waals surface area (Å²) in [7, 11) is 0. The summed E-state index contributed by atoms with van der Waals surface area (Å²) in [4.78, 5) is 19.5. The average molecular weight is 368 g/mol. The highest BCUT2D eigenvalue weighted by Crippen LogP contribution is 2.47. The summed E-state index contributed by atoms with van der Waals surface area (Å²) in [5.74, 6) is 0.232. The van der Waals surface area contributed by atoms with Crippen LogP contribution in [0.2, 0.25) is 0 Å². The van der Waals surface area contributed by atoms with Gasteiger partial charge in [-0.05, 0) is 42.6 Å². The maximum absolute atomic E-state index is 12.8. The normalized spacial score (nSPS) is 21.5. The van der Waals surface area contributed by atoms with Crippen LogP contribution in [0.1, 0.15) is 19.8 Å². The Labute approximate surface area is 159 Å². The zero-order valence-corrected chi connectivity index (χ0v) is 16.0. The van der Waals surface area contributed by atoms with E-state index in [0.29, 0.717) is 19.5 Å². The highest BCUT2D eigenvalue weighted by molar-refractivity contribution is 7.99. The molecule has 4 rings (SSSR count). The van der Waals surface area contributed by atoms with Crippen LogP contribution in [0, 0.1) is 5.41 Å². The zero-order valence-electron chi connectivity index (χ0n) is 15.1. The van der Waals surface area contributed by atoms with Gasteiger partial charge in [-0.2, -0.15) is 0 Å². The molecule has 1 saturated heterocycles. The van der Waals surface area contributed by atoms with Crippen LogP contribution in [-0.2, 0) is 4.79 Å². The largest absolute Gasteiger partial charge is 0.342 e. The number of benzene rings is 2. The summed E-state index contributed by atoms with van der Waals surface area (Å²) < 4.78 is 0. The van der Waals surface area contributed by atoms with Gasteiger partial charge in [-0.1, -0.05) is 43.0 Å². The Morgan fingerprint density at radius 1 is 1.12 bits per heavy atom. The van der Waals surface area contributed by atoms with Crippen LogP contribution in [0.15, 0.2) is 58.3 Å². The third-order valence-corrected chi connectivity index (χ3v) is 6.61. The van der Waals surface area contributed by atoms with Crippen molar-refractivity contribution >= 4 is 29.0 Å². The second kappa shape index (κ2) is 6.97. The molecular weight excluding hydrogens is 342 g/mol. The van der Waals surface area contributed by atoms with Crippen molar-refractivity contribution in [3.8, 4) is 0 Å². The molecule has 0 saturated carbocycles. The van der Waals surface area contributed by atoms with Gasteiger partial charge in [0.1, 0.15) is 0 Å². The molecule has 2 heterocycles. The quantitative estimate of drug-likeness (QED) is 0.891. The number of carbonyl (C=O) groups is 1. The van der Waals surface area contributed by atoms with Crippen molar-refractivity contribution in [3.05, 3.63) is 48.5 Å². The van der Waals surface area contributed by atoms with Crippen molar-refractivity contribution in [1.82, 2.24) is 4.90 Å². The second-order valence-electron chi connectivity index (χ2n) is 7.52. The van der Waals surface area contributed by atoms with Crippen LogP contribution >= 0.6 is 11.8 Å². The van der Waals surface area contributed by atoms with E-state index in [1.807, 2.05) is 4.90 Å². The number of hydrogen-bond acceptors (Lipinski definition) is 4. The van der Waals surface area contributed by atoms with Crippen LogP contribution in [0.25, 0.3) is 0 Å². The number of hydrogen-bond donors (Lipinski definition) is 1. The highest BCUT2D eigenvalue weighted by Gasteiger charge is 2.35. The fraction of sp³-hybridized carbons (Fsp3) is 0.381. The van der Waals surface area contributed by atoms with Crippen molar-refractivity contribution in [2.24, 2.45) is 11.1 Å². The van der Waals surface area contributed by atoms with Gasteiger partial charge >= 0.3 is 0 Å². The van der Waals surface area contributed by atoms with Gasteiger partial charge in [0, 0.05) is 35.8 Å². The van der Waals surface area contributed by atoms with Gasteiger partial charge in [0.2, 0.25) is 5.91 Å². The zero-order chi connectivity index (χ0) is 18.1. The van der Waals surface area contributed by atoms with Crippen molar-refractivity contribution in [2.45, 2.75) is 29.6 Å². The maximum atomic E-state index is 12.8. The number of para-hydroxylation sites is 2. The lowest BCUT2D eigenvalue weighted by Crippen LogP contribution is -2.36. The molecule has 5 heteroatoms. The van der Waals surface area contributed by atoms with E-state index in [-0.39, 0.29) is 11.3 Å². The van der Waals surface area contributed by atoms with Crippen LogP contribution in [0.3, 0.4) is 0 Å². The Hall–Kier alpha value is -1.98. The molecule has 4 nitrogen and oxygen atoms in total. The number of likely N-dealkylation sites (tertiary alicyclic amines) is 1. The van der Waals surface area contributed by atoms with Crippen molar-refractivity contribution < 1.29 is 4.79 Å². The first-order valence-corrected chi connectivity index (χ1v) is 10.0. The van der Waals surface area contributed by atoms with Gasteiger partial charge in [-0.15, -0.1) is 0 Å². The topological polar surface area (TPSA) is 49.6 Å². The molecule has 26 heavy (non-hydrogen) atoms. The fourth-order valence-electron chi connectivity index (χ4n) is 3.79. The van der Waals surface area contributed by atoms with Gasteiger partial charge in [-0.25, -0.2) is 0 Å². The molecule has 0 bridgehead atoms. The van der Waals surface area contributed by atoms with E-state index in [2.05, 4.69) is 60.4 Å². The minimum atomic E-state index is 0.0800. The summed E-state index contributed by atoms with van der Waals surface area (Å²) in [6.45, 7) is 5.12. The molecular formula is C21H25N3OS. The van der Waals surface area contributed by atoms with E-state index in [4.69, 9.17) is 5.73 Å². The van der Waals surface area contributed by atoms with Crippen molar-refractivity contribution in [1.29, 1.82) is 0 Å². The van der Waals surface area contributed by atoms with E-state index in [1.165, 1.54) is 21.2 Å². The Bertz CT molecular complexity index is 779. The number of amides is 1. The van der Waals surface area contributed by atoms with Crippen LogP contribution in [0.4, 0.5) is 11.4 Å². The van der Waals surface area contributed by atoms with Crippen molar-refractivity contribution in [3.63, 3.8) is 0 Å². The Morgan fingerprint density at radius 2 is 1.73 bits per heavy atom. The number of nitrogens with zero attached hydrogens (tertiary/aromatic N) is 2. The van der Waals surface area contributed by atoms with Gasteiger partial charge in [0.05, 0.1) is 11.4 Å². The molecule has 2 aromatic rings. The summed E-state index contributed by atoms with van der Waals surface area (Å²) in [5.41, 5.74) is 8.34. The van der Waals surface area contributed by atoms with Gasteiger partial charge < -0.3 is 15.5 Å². The molecule has 2 aromatic carbocycles. The monoisotopic (exact) mass is 367 g/mol. The molecule has 1 fully saturated rings. The Balaban J connectivity index is 1.51. The SMILES string of the molecule is CC1(CN)CCN(C(=O)CCN2c3ccccc3Sc3ccccc32)C1. The van der Waals surface area contributed by atoms with E-state index in [1.54, 1.807) is 11.8 Å². The van der Waals surface area contributed by atoms with Gasteiger partial charge in [0.25, 0.3) is 0 Å². The summed E-state index contributed by atoms with van der Waals surface area (Å²) in [6, 6.07) is 16.9. The lowest BCUT2D eigenvalue weighted by molar-refractivity contribution is -0.130. The molecule has 136 valence electrons. The third kappa shape index (κ3) is 3.21. The highest BCUT2D eigenvalue weighted by atomic mass is 32.2. The van der Waals surface area contributed by atoms with Crippen LogP contribution in [0.5, 0.6) is 0 Å². The lowest BCUT2D eigenvalue weighted by atomic mass is 9.90. The number of rotatable bonds is 4. The molecule has 1 unspecified atom stereocenters. The first kappa shape index (κ1) is 17.4. The lowest BCUT2D eigenvalue weighted by Gasteiger charge is -2.33. The molecule has 2 aliphatic rings. The standard InChI is InChI=1S/C21H25N3OS/c1-21(14-22)11-13-23(15-21)20(25)10-12-24-16-6-2-4-8-18(16)26-19-9-5-3-7-17(19)24/h2-9H,10-15,22H2,1H3. The van der Waals surface area contributed by atoms with Gasteiger partial charge in [-0.3, -0.25) is 4.79 Å². The maximum Gasteiger partial charge on any atom is 0.224 e. The molecule has 0 spiro atoms. The molecule has 0 aromatic heterocycles. The number of anilines is 2. The Kier molecular flexibility index (Phi) is 4.67. The van der Waals surface area contributed by atoms with Crippen molar-refractivity contribution in [2.75, 3.05) is 31.1 Å². The Morgan fingerprint density at radius 3 is 2.31 bits per heavy atom. The minimum absolute atomic E-state index is 0.0800. The third-order valence-electron chi connectivity index (χ3n) is 5.48. The first-order valence-electron chi connectivity index (χ1n) is 9.21. The van der Waals surface area contributed by atoms with E-state index in [0.717, 1.165) is 19.5 Å². The van der Waals surface area contributed by atoms with Gasteiger partial charge in [0.15, 0.2) is 0 Å². The molecule has 1 atom stereocenters. The first-order chi connectivity index (χ1) is 12.6.